The molecule has 0 saturated heterocycles. The van der Waals surface area contributed by atoms with Crippen LogP contribution in [0.2, 0.25) is 0 Å². The Morgan fingerprint density at radius 3 is 2.75 bits per heavy atom. The quantitative estimate of drug-likeness (QED) is 0.835. The first kappa shape index (κ1) is 12.9. The van der Waals surface area contributed by atoms with Crippen LogP contribution in [-0.2, 0) is 6.42 Å². The van der Waals surface area contributed by atoms with Crippen molar-refractivity contribution in [2.75, 3.05) is 11.9 Å². The highest BCUT2D eigenvalue weighted by molar-refractivity contribution is 6.10. The molecule has 2 aromatic carbocycles. The average molecular weight is 265 g/mol. The lowest BCUT2D eigenvalue weighted by Crippen LogP contribution is -2.13. The number of aryl methyl sites for hydroxylation is 3. The zero-order chi connectivity index (χ0) is 14.1. The van der Waals surface area contributed by atoms with Crippen LogP contribution < -0.4 is 5.32 Å². The third-order valence-electron chi connectivity index (χ3n) is 3.93. The number of hydrogen-bond acceptors (Lipinski definition) is 2. The molecule has 0 atom stereocenters. The first-order valence-electron chi connectivity index (χ1n) is 7.14. The van der Waals surface area contributed by atoms with Crippen LogP contribution in [0.25, 0.3) is 0 Å². The maximum atomic E-state index is 12.6. The zero-order valence-corrected chi connectivity index (χ0v) is 12.0. The van der Waals surface area contributed by atoms with Crippen molar-refractivity contribution in [2.24, 2.45) is 0 Å². The van der Waals surface area contributed by atoms with Crippen LogP contribution in [-0.4, -0.2) is 12.3 Å². The van der Waals surface area contributed by atoms with Crippen molar-refractivity contribution < 1.29 is 4.79 Å². The maximum absolute atomic E-state index is 12.6. The predicted octanol–water partition coefficient (Wildman–Crippen LogP) is 3.89. The van der Waals surface area contributed by atoms with Gasteiger partial charge in [0.25, 0.3) is 0 Å². The molecule has 3 rings (SSSR count). The van der Waals surface area contributed by atoms with E-state index in [0.717, 1.165) is 36.1 Å². The van der Waals surface area contributed by atoms with Crippen molar-refractivity contribution in [2.45, 2.75) is 26.7 Å². The van der Waals surface area contributed by atoms with Gasteiger partial charge in [-0.15, -0.1) is 0 Å². The summed E-state index contributed by atoms with van der Waals surface area (Å²) in [5.74, 6) is 0.121. The largest absolute Gasteiger partial charge is 0.385 e. The number of hydrogen-bond donors (Lipinski definition) is 1. The second-order valence-electron chi connectivity index (χ2n) is 5.55. The second-order valence-corrected chi connectivity index (χ2v) is 5.55. The smallest absolute Gasteiger partial charge is 0.193 e. The van der Waals surface area contributed by atoms with Gasteiger partial charge in [-0.1, -0.05) is 23.8 Å². The molecule has 2 heteroatoms. The molecule has 1 heterocycles. The van der Waals surface area contributed by atoms with E-state index >= 15 is 0 Å². The Hall–Kier alpha value is -2.09. The van der Waals surface area contributed by atoms with Crippen LogP contribution in [0.15, 0.2) is 36.4 Å². The van der Waals surface area contributed by atoms with Crippen molar-refractivity contribution in [3.05, 3.63) is 64.2 Å². The van der Waals surface area contributed by atoms with E-state index in [1.54, 1.807) is 0 Å². The molecule has 2 aromatic rings. The number of carbonyl (C=O) groups is 1. The monoisotopic (exact) mass is 265 g/mol. The van der Waals surface area contributed by atoms with Gasteiger partial charge in [0.1, 0.15) is 0 Å². The summed E-state index contributed by atoms with van der Waals surface area (Å²) in [6.45, 7) is 5.07. The van der Waals surface area contributed by atoms with Gasteiger partial charge >= 0.3 is 0 Å². The molecule has 20 heavy (non-hydrogen) atoms. The number of anilines is 1. The standard InChI is InChI=1S/C18H19NO/c1-12-5-7-16(13(2)10-12)18(20)15-6-8-17-14(11-15)4-3-9-19-17/h5-8,10-11,19H,3-4,9H2,1-2H3. The third-order valence-corrected chi connectivity index (χ3v) is 3.93. The normalized spacial score (nSPS) is 13.5. The second kappa shape index (κ2) is 5.12. The van der Waals surface area contributed by atoms with Gasteiger partial charge < -0.3 is 5.32 Å². The van der Waals surface area contributed by atoms with E-state index in [1.807, 2.05) is 44.2 Å². The van der Waals surface area contributed by atoms with Gasteiger partial charge in [-0.3, -0.25) is 4.79 Å². The molecule has 0 bridgehead atoms. The van der Waals surface area contributed by atoms with Crippen molar-refractivity contribution in [1.82, 2.24) is 0 Å². The van der Waals surface area contributed by atoms with Crippen molar-refractivity contribution in [3.63, 3.8) is 0 Å². The summed E-state index contributed by atoms with van der Waals surface area (Å²) in [6.07, 6.45) is 2.19. The summed E-state index contributed by atoms with van der Waals surface area (Å²) in [5.41, 5.74) is 6.26. The lowest BCUT2D eigenvalue weighted by molar-refractivity contribution is 0.103. The highest BCUT2D eigenvalue weighted by Crippen LogP contribution is 2.25. The fourth-order valence-electron chi connectivity index (χ4n) is 2.84. The molecule has 0 aromatic heterocycles. The van der Waals surface area contributed by atoms with Gasteiger partial charge in [-0.25, -0.2) is 0 Å². The molecule has 1 aliphatic heterocycles. The van der Waals surface area contributed by atoms with Gasteiger partial charge in [0.05, 0.1) is 0 Å². The molecule has 0 aliphatic carbocycles. The molecule has 0 spiro atoms. The number of nitrogens with one attached hydrogen (secondary N) is 1. The lowest BCUT2D eigenvalue weighted by atomic mass is 9.94. The minimum atomic E-state index is 0.121. The van der Waals surface area contributed by atoms with E-state index < -0.39 is 0 Å². The molecule has 0 saturated carbocycles. The van der Waals surface area contributed by atoms with Crippen LogP contribution >= 0.6 is 0 Å². The van der Waals surface area contributed by atoms with Crippen molar-refractivity contribution in [3.8, 4) is 0 Å². The number of ketones is 1. The summed E-state index contributed by atoms with van der Waals surface area (Å²) >= 11 is 0. The maximum Gasteiger partial charge on any atom is 0.193 e. The number of rotatable bonds is 2. The Bertz CT molecular complexity index is 673. The molecular weight excluding hydrogens is 246 g/mol. The molecule has 0 unspecified atom stereocenters. The van der Waals surface area contributed by atoms with E-state index in [2.05, 4.69) is 11.4 Å². The van der Waals surface area contributed by atoms with Crippen LogP contribution in [0.5, 0.6) is 0 Å². The summed E-state index contributed by atoms with van der Waals surface area (Å²) in [4.78, 5) is 12.6. The molecule has 102 valence electrons. The van der Waals surface area contributed by atoms with Crippen molar-refractivity contribution in [1.29, 1.82) is 0 Å². The molecule has 2 nitrogen and oxygen atoms in total. The van der Waals surface area contributed by atoms with Crippen molar-refractivity contribution >= 4 is 11.5 Å². The van der Waals surface area contributed by atoms with Gasteiger partial charge in [-0.2, -0.15) is 0 Å². The topological polar surface area (TPSA) is 29.1 Å². The predicted molar refractivity (Wildman–Crippen MR) is 82.6 cm³/mol. The highest BCUT2D eigenvalue weighted by atomic mass is 16.1. The molecule has 0 radical (unpaired) electrons. The molecule has 1 aliphatic rings. The van der Waals surface area contributed by atoms with Crippen LogP contribution in [0.3, 0.4) is 0 Å². The Morgan fingerprint density at radius 2 is 1.95 bits per heavy atom. The Kier molecular flexibility index (Phi) is 3.31. The van der Waals surface area contributed by atoms with Crippen LogP contribution in [0.1, 0.15) is 39.0 Å². The zero-order valence-electron chi connectivity index (χ0n) is 12.0. The fourth-order valence-corrected chi connectivity index (χ4v) is 2.84. The molecule has 0 amide bonds. The van der Waals surface area contributed by atoms with E-state index in [9.17, 15) is 4.79 Å². The first-order valence-corrected chi connectivity index (χ1v) is 7.14. The van der Waals surface area contributed by atoms with E-state index in [-0.39, 0.29) is 5.78 Å². The minimum absolute atomic E-state index is 0.121. The first-order chi connectivity index (χ1) is 9.65. The van der Waals surface area contributed by atoms with E-state index in [4.69, 9.17) is 0 Å². The fraction of sp³-hybridized carbons (Fsp3) is 0.278. The summed E-state index contributed by atoms with van der Waals surface area (Å²) in [6, 6.07) is 12.0. The number of benzene rings is 2. The number of carbonyl (C=O) groups excluding carboxylic acids is 1. The SMILES string of the molecule is Cc1ccc(C(=O)c2ccc3c(c2)CCCN3)c(C)c1. The molecule has 1 N–H and O–H groups in total. The average Bonchev–Trinajstić information content (AvgIpc) is 2.46. The summed E-state index contributed by atoms with van der Waals surface area (Å²) < 4.78 is 0. The van der Waals surface area contributed by atoms with Gasteiger partial charge in [0, 0.05) is 23.4 Å². The summed E-state index contributed by atoms with van der Waals surface area (Å²) in [5, 5.41) is 3.38. The van der Waals surface area contributed by atoms with Crippen LogP contribution in [0, 0.1) is 13.8 Å². The lowest BCUT2D eigenvalue weighted by Gasteiger charge is -2.18. The number of fused-ring (bicyclic) bond motifs is 1. The van der Waals surface area contributed by atoms with Gasteiger partial charge in [0.2, 0.25) is 0 Å². The van der Waals surface area contributed by atoms with Gasteiger partial charge in [0.15, 0.2) is 5.78 Å². The van der Waals surface area contributed by atoms with E-state index in [1.165, 1.54) is 16.8 Å². The van der Waals surface area contributed by atoms with Crippen LogP contribution in [0.4, 0.5) is 5.69 Å². The Labute approximate surface area is 119 Å². The Morgan fingerprint density at radius 1 is 1.10 bits per heavy atom. The summed E-state index contributed by atoms with van der Waals surface area (Å²) in [7, 11) is 0. The third kappa shape index (κ3) is 2.34. The molecule has 0 fully saturated rings. The van der Waals surface area contributed by atoms with E-state index in [0.29, 0.717) is 0 Å². The van der Waals surface area contributed by atoms with Gasteiger partial charge in [-0.05, 0) is 56.0 Å². The minimum Gasteiger partial charge on any atom is -0.385 e. The molecular formula is C18H19NO. The highest BCUT2D eigenvalue weighted by Gasteiger charge is 2.15. The Balaban J connectivity index is 1.98.